The van der Waals surface area contributed by atoms with Gasteiger partial charge in [-0.05, 0) is 62.0 Å². The van der Waals surface area contributed by atoms with Crippen LogP contribution in [0.3, 0.4) is 0 Å². The lowest BCUT2D eigenvalue weighted by Crippen LogP contribution is -2.44. The number of ether oxygens (including phenoxy) is 1. The molecule has 9 heteroatoms. The Balaban J connectivity index is 1.59. The highest BCUT2D eigenvalue weighted by atomic mass is 32.2. The minimum absolute atomic E-state index is 0.225. The van der Waals surface area contributed by atoms with Crippen molar-refractivity contribution in [3.8, 4) is 5.75 Å². The fourth-order valence-electron chi connectivity index (χ4n) is 3.46. The van der Waals surface area contributed by atoms with Gasteiger partial charge in [-0.15, -0.1) is 0 Å². The first-order valence-corrected chi connectivity index (χ1v) is 12.6. The lowest BCUT2D eigenvalue weighted by atomic mass is 10.2. The first kappa shape index (κ1) is 23.9. The van der Waals surface area contributed by atoms with Crippen LogP contribution in [0.4, 0.5) is 17.1 Å². The smallest absolute Gasteiger partial charge is 0.265 e. The number of sulfonamides is 1. The quantitative estimate of drug-likeness (QED) is 0.652. The molecule has 32 heavy (non-hydrogen) atoms. The van der Waals surface area contributed by atoms with E-state index in [9.17, 15) is 13.2 Å². The molecule has 174 valence electrons. The molecule has 0 radical (unpaired) electrons. The third-order valence-electron chi connectivity index (χ3n) is 5.64. The highest BCUT2D eigenvalue weighted by Gasteiger charge is 2.20. The van der Waals surface area contributed by atoms with Crippen LogP contribution in [0.1, 0.15) is 13.3 Å². The number of carbonyl (C=O) groups excluding carboxylic acids is 1. The van der Waals surface area contributed by atoms with E-state index in [1.807, 2.05) is 31.2 Å². The molecule has 2 aromatic carbocycles. The highest BCUT2D eigenvalue weighted by molar-refractivity contribution is 7.92. The van der Waals surface area contributed by atoms with Crippen molar-refractivity contribution >= 4 is 33.0 Å². The van der Waals surface area contributed by atoms with Gasteiger partial charge in [-0.2, -0.15) is 0 Å². The van der Waals surface area contributed by atoms with Gasteiger partial charge in [0.05, 0.1) is 11.9 Å². The number of carbonyl (C=O) groups is 1. The molecule has 1 saturated heterocycles. The molecule has 0 saturated carbocycles. The average Bonchev–Trinajstić information content (AvgIpc) is 2.78. The Labute approximate surface area is 190 Å². The number of likely N-dealkylation sites (N-methyl/N-ethyl adjacent to an activating group) is 1. The lowest BCUT2D eigenvalue weighted by molar-refractivity contribution is -0.122. The van der Waals surface area contributed by atoms with Gasteiger partial charge in [0.1, 0.15) is 5.75 Å². The zero-order valence-electron chi connectivity index (χ0n) is 19.1. The van der Waals surface area contributed by atoms with E-state index in [4.69, 9.17) is 4.74 Å². The predicted octanol–water partition coefficient (Wildman–Crippen LogP) is 2.63. The Hall–Kier alpha value is -2.78. The summed E-state index contributed by atoms with van der Waals surface area (Å²) < 4.78 is 30.4. The highest BCUT2D eigenvalue weighted by Crippen LogP contribution is 2.23. The SMILES string of the molecule is CC[C@H](Oc1ccc(N(C)S(C)(=O)=O)cc1)C(=O)Nc1ccc(N2CCN(C)CC2)cc1. The second kappa shape index (κ2) is 10.2. The van der Waals surface area contributed by atoms with Crippen molar-refractivity contribution in [1.82, 2.24) is 4.90 Å². The summed E-state index contributed by atoms with van der Waals surface area (Å²) in [7, 11) is 0.284. The molecule has 0 unspecified atom stereocenters. The molecule has 1 atom stereocenters. The van der Waals surface area contributed by atoms with Gasteiger partial charge >= 0.3 is 0 Å². The Morgan fingerprint density at radius 1 is 1.06 bits per heavy atom. The molecule has 8 nitrogen and oxygen atoms in total. The molecule has 1 heterocycles. The molecule has 0 aromatic heterocycles. The van der Waals surface area contributed by atoms with E-state index in [1.165, 1.54) is 11.4 Å². The van der Waals surface area contributed by atoms with Gasteiger partial charge in [0.15, 0.2) is 6.10 Å². The first-order valence-electron chi connectivity index (χ1n) is 10.7. The summed E-state index contributed by atoms with van der Waals surface area (Å²) >= 11 is 0. The zero-order chi connectivity index (χ0) is 23.3. The maximum atomic E-state index is 12.7. The summed E-state index contributed by atoms with van der Waals surface area (Å²) in [6.45, 7) is 5.95. The van der Waals surface area contributed by atoms with E-state index < -0.39 is 16.1 Å². The molecule has 0 spiro atoms. The minimum atomic E-state index is -3.33. The third kappa shape index (κ3) is 6.14. The number of hydrogen-bond donors (Lipinski definition) is 1. The monoisotopic (exact) mass is 460 g/mol. The fourth-order valence-corrected chi connectivity index (χ4v) is 3.96. The van der Waals surface area contributed by atoms with Crippen molar-refractivity contribution in [2.24, 2.45) is 0 Å². The number of nitrogens with one attached hydrogen (secondary N) is 1. The minimum Gasteiger partial charge on any atom is -0.481 e. The zero-order valence-corrected chi connectivity index (χ0v) is 19.9. The fraction of sp³-hybridized carbons (Fsp3) is 0.435. The average molecular weight is 461 g/mol. The molecule has 1 N–H and O–H groups in total. The number of rotatable bonds is 8. The molecule has 1 aliphatic rings. The Morgan fingerprint density at radius 3 is 2.19 bits per heavy atom. The van der Waals surface area contributed by atoms with E-state index in [1.54, 1.807) is 24.3 Å². The van der Waals surface area contributed by atoms with Gasteiger partial charge in [-0.3, -0.25) is 9.10 Å². The normalized spacial score (nSPS) is 15.8. The standard InChI is InChI=1S/C23H32N4O4S/c1-5-22(31-21-12-10-19(11-13-21)26(3)32(4,29)30)23(28)24-18-6-8-20(9-7-18)27-16-14-25(2)15-17-27/h6-13,22H,5,14-17H2,1-4H3,(H,24,28)/t22-/m0/s1. The topological polar surface area (TPSA) is 82.2 Å². The molecular formula is C23H32N4O4S. The Kier molecular flexibility index (Phi) is 7.63. The van der Waals surface area contributed by atoms with E-state index in [-0.39, 0.29) is 5.91 Å². The van der Waals surface area contributed by atoms with Crippen LogP contribution in [-0.4, -0.2) is 71.9 Å². The Bertz CT molecular complexity index is 1000. The number of anilines is 3. The maximum Gasteiger partial charge on any atom is 0.265 e. The van der Waals surface area contributed by atoms with Crippen molar-refractivity contribution in [2.75, 3.05) is 61.1 Å². The summed E-state index contributed by atoms with van der Waals surface area (Å²) in [5.74, 6) is 0.278. The summed E-state index contributed by atoms with van der Waals surface area (Å²) in [5.41, 5.74) is 2.40. The van der Waals surface area contributed by atoms with Crippen LogP contribution in [0.25, 0.3) is 0 Å². The van der Waals surface area contributed by atoms with E-state index >= 15 is 0 Å². The van der Waals surface area contributed by atoms with Crippen molar-refractivity contribution in [3.05, 3.63) is 48.5 Å². The van der Waals surface area contributed by atoms with E-state index in [0.29, 0.717) is 17.9 Å². The van der Waals surface area contributed by atoms with Gasteiger partial charge in [-0.1, -0.05) is 6.92 Å². The van der Waals surface area contributed by atoms with E-state index in [0.717, 1.165) is 43.8 Å². The van der Waals surface area contributed by atoms with Crippen LogP contribution in [0.5, 0.6) is 5.75 Å². The van der Waals surface area contributed by atoms with Gasteiger partial charge in [-0.25, -0.2) is 8.42 Å². The molecule has 1 aliphatic heterocycles. The van der Waals surface area contributed by atoms with Crippen molar-refractivity contribution < 1.29 is 17.9 Å². The largest absolute Gasteiger partial charge is 0.481 e. The second-order valence-corrected chi connectivity index (χ2v) is 10.1. The van der Waals surface area contributed by atoms with Crippen LogP contribution < -0.4 is 19.3 Å². The Morgan fingerprint density at radius 2 is 1.66 bits per heavy atom. The summed E-state index contributed by atoms with van der Waals surface area (Å²) in [4.78, 5) is 17.4. The molecule has 0 bridgehead atoms. The van der Waals surface area contributed by atoms with Gasteiger partial charge in [0, 0.05) is 44.6 Å². The van der Waals surface area contributed by atoms with Crippen molar-refractivity contribution in [3.63, 3.8) is 0 Å². The number of nitrogens with zero attached hydrogens (tertiary/aromatic N) is 3. The first-order chi connectivity index (χ1) is 15.2. The van der Waals surface area contributed by atoms with Gasteiger partial charge in [0.2, 0.25) is 10.0 Å². The maximum absolute atomic E-state index is 12.7. The summed E-state index contributed by atoms with van der Waals surface area (Å²) in [6.07, 6.45) is 0.980. The van der Waals surface area contributed by atoms with Crippen LogP contribution in [0, 0.1) is 0 Å². The van der Waals surface area contributed by atoms with E-state index in [2.05, 4.69) is 22.2 Å². The molecular weight excluding hydrogens is 428 g/mol. The molecule has 0 aliphatic carbocycles. The lowest BCUT2D eigenvalue weighted by Gasteiger charge is -2.34. The van der Waals surface area contributed by atoms with Crippen molar-refractivity contribution in [2.45, 2.75) is 19.4 Å². The third-order valence-corrected chi connectivity index (χ3v) is 6.85. The molecule has 1 fully saturated rings. The molecule has 1 amide bonds. The van der Waals surface area contributed by atoms with Crippen LogP contribution in [0.2, 0.25) is 0 Å². The molecule has 2 aromatic rings. The second-order valence-electron chi connectivity index (χ2n) is 8.07. The van der Waals surface area contributed by atoms with Crippen LogP contribution >= 0.6 is 0 Å². The molecule has 3 rings (SSSR count). The number of hydrogen-bond acceptors (Lipinski definition) is 6. The number of amides is 1. The van der Waals surface area contributed by atoms with Gasteiger partial charge < -0.3 is 19.9 Å². The van der Waals surface area contributed by atoms with Crippen LogP contribution in [-0.2, 0) is 14.8 Å². The number of piperazine rings is 1. The number of benzene rings is 2. The van der Waals surface area contributed by atoms with Gasteiger partial charge in [0.25, 0.3) is 5.91 Å². The summed E-state index contributed by atoms with van der Waals surface area (Å²) in [5, 5.41) is 2.92. The predicted molar refractivity (Wildman–Crippen MR) is 129 cm³/mol. The summed E-state index contributed by atoms with van der Waals surface area (Å²) in [6, 6.07) is 14.5. The van der Waals surface area contributed by atoms with Crippen LogP contribution in [0.15, 0.2) is 48.5 Å². The van der Waals surface area contributed by atoms with Crippen molar-refractivity contribution in [1.29, 1.82) is 0 Å².